The average molecular weight is 518 g/mol. The molecule has 0 aliphatic heterocycles. The molecule has 190 valence electrons. The Morgan fingerprint density at radius 2 is 1.37 bits per heavy atom. The van der Waals surface area contributed by atoms with E-state index in [0.717, 1.165) is 32.2 Å². The van der Waals surface area contributed by atoms with Crippen molar-refractivity contribution in [3.05, 3.63) is 76.9 Å². The molecule has 3 aromatic rings. The average Bonchev–Trinajstić information content (AvgIpc) is 2.82. The van der Waals surface area contributed by atoms with Crippen LogP contribution in [0.2, 0.25) is 0 Å². The number of nitrogens with one attached hydrogen (secondary N) is 1. The summed E-state index contributed by atoms with van der Waals surface area (Å²) in [6, 6.07) is 14.6. The maximum absolute atomic E-state index is 13.9. The lowest BCUT2D eigenvalue weighted by atomic mass is 9.99. The molecule has 1 unspecified atom stereocenters. The Hall–Kier alpha value is -2.26. The number of halogens is 7. The molecular formula is C26H26F7NS. The maximum Gasteiger partial charge on any atom is 0.422 e. The van der Waals surface area contributed by atoms with Gasteiger partial charge in [0.15, 0.2) is 23.3 Å². The third-order valence-electron chi connectivity index (χ3n) is 5.81. The largest absolute Gasteiger partial charge is 0.422 e. The second-order valence-corrected chi connectivity index (χ2v) is 9.42. The molecule has 35 heavy (non-hydrogen) atoms. The molecule has 0 bridgehead atoms. The first kappa shape index (κ1) is 27.3. The number of hydrogen-bond acceptors (Lipinski definition) is 2. The number of fused-ring (bicyclic) bond motifs is 1. The predicted molar refractivity (Wildman–Crippen MR) is 125 cm³/mol. The summed E-state index contributed by atoms with van der Waals surface area (Å²) >= 11 is 0.482. The molecule has 0 spiro atoms. The Morgan fingerprint density at radius 3 is 2.06 bits per heavy atom. The van der Waals surface area contributed by atoms with Crippen LogP contribution in [-0.4, -0.2) is 12.3 Å². The van der Waals surface area contributed by atoms with Crippen molar-refractivity contribution >= 4 is 22.5 Å². The van der Waals surface area contributed by atoms with Crippen LogP contribution in [0.3, 0.4) is 0 Å². The van der Waals surface area contributed by atoms with Gasteiger partial charge in [0.05, 0.1) is 4.90 Å². The second-order valence-electron chi connectivity index (χ2n) is 8.32. The summed E-state index contributed by atoms with van der Waals surface area (Å²) in [5, 5.41) is 5.92. The third-order valence-corrected chi connectivity index (χ3v) is 6.95. The van der Waals surface area contributed by atoms with Gasteiger partial charge in [-0.05, 0) is 48.4 Å². The first-order valence-electron chi connectivity index (χ1n) is 11.4. The summed E-state index contributed by atoms with van der Waals surface area (Å²) < 4.78 is 93.1. The van der Waals surface area contributed by atoms with E-state index in [1.165, 1.54) is 16.3 Å². The van der Waals surface area contributed by atoms with Gasteiger partial charge >= 0.3 is 6.18 Å². The van der Waals surface area contributed by atoms with Crippen LogP contribution < -0.4 is 5.32 Å². The molecule has 0 radical (unpaired) electrons. The number of unbranched alkanes of at least 4 members (excludes halogenated alkanes) is 4. The summed E-state index contributed by atoms with van der Waals surface area (Å²) in [5.41, 5.74) is -1.31. The van der Waals surface area contributed by atoms with E-state index in [1.54, 1.807) is 0 Å². The molecule has 1 atom stereocenters. The Kier molecular flexibility index (Phi) is 9.47. The van der Waals surface area contributed by atoms with Crippen LogP contribution in [0.25, 0.3) is 10.8 Å². The fourth-order valence-corrected chi connectivity index (χ4v) is 4.96. The van der Waals surface area contributed by atoms with Gasteiger partial charge in [-0.1, -0.05) is 61.7 Å². The van der Waals surface area contributed by atoms with Crippen molar-refractivity contribution in [1.29, 1.82) is 0 Å². The van der Waals surface area contributed by atoms with Crippen LogP contribution >= 0.6 is 11.8 Å². The molecule has 0 saturated heterocycles. The van der Waals surface area contributed by atoms with Crippen LogP contribution in [0.15, 0.2) is 47.4 Å². The topological polar surface area (TPSA) is 12.0 Å². The van der Waals surface area contributed by atoms with Crippen molar-refractivity contribution in [3.8, 4) is 0 Å². The molecule has 1 nitrogen and oxygen atoms in total. The molecule has 3 aromatic carbocycles. The van der Waals surface area contributed by atoms with Gasteiger partial charge < -0.3 is 5.32 Å². The SMILES string of the molecule is CC(NCCCCCCCSc1c(F)c(F)c(C(F)(F)F)c(F)c1F)c1cccc2ccccc12. The van der Waals surface area contributed by atoms with Crippen molar-refractivity contribution in [1.82, 2.24) is 5.32 Å². The summed E-state index contributed by atoms with van der Waals surface area (Å²) in [6.07, 6.45) is -1.59. The maximum atomic E-state index is 13.9. The summed E-state index contributed by atoms with van der Waals surface area (Å²) in [7, 11) is 0. The van der Waals surface area contributed by atoms with E-state index >= 15 is 0 Å². The minimum absolute atomic E-state index is 0.133. The molecule has 1 N–H and O–H groups in total. The monoisotopic (exact) mass is 517 g/mol. The summed E-state index contributed by atoms with van der Waals surface area (Å²) in [6.45, 7) is 2.93. The lowest BCUT2D eigenvalue weighted by Crippen LogP contribution is -2.20. The Morgan fingerprint density at radius 1 is 0.771 bits per heavy atom. The second kappa shape index (κ2) is 12.1. The van der Waals surface area contributed by atoms with E-state index in [4.69, 9.17) is 0 Å². The fourth-order valence-electron chi connectivity index (χ4n) is 3.98. The molecule has 0 amide bonds. The highest BCUT2D eigenvalue weighted by molar-refractivity contribution is 7.99. The standard InChI is InChI=1S/C26H26F7NS/c1-16(18-13-9-11-17-10-5-6-12-19(17)18)34-14-7-3-2-4-8-15-35-25-23(29)21(27)20(26(31,32)33)22(28)24(25)30/h5-6,9-13,16,34H,2-4,7-8,14-15H2,1H3. The van der Waals surface area contributed by atoms with Crippen LogP contribution in [0.4, 0.5) is 30.7 Å². The lowest BCUT2D eigenvalue weighted by Gasteiger charge is -2.16. The van der Waals surface area contributed by atoms with Crippen LogP contribution in [0, 0.1) is 23.3 Å². The van der Waals surface area contributed by atoms with Gasteiger partial charge in [0.25, 0.3) is 0 Å². The minimum Gasteiger partial charge on any atom is -0.310 e. The fraction of sp³-hybridized carbons (Fsp3) is 0.385. The summed E-state index contributed by atoms with van der Waals surface area (Å²) in [5.74, 6) is -8.71. The zero-order valence-corrected chi connectivity index (χ0v) is 19.9. The van der Waals surface area contributed by atoms with E-state index in [2.05, 4.69) is 36.5 Å². The first-order chi connectivity index (χ1) is 16.6. The van der Waals surface area contributed by atoms with E-state index < -0.39 is 39.9 Å². The number of thioether (sulfide) groups is 1. The Balaban J connectivity index is 1.38. The van der Waals surface area contributed by atoms with Gasteiger partial charge in [0.2, 0.25) is 0 Å². The zero-order valence-electron chi connectivity index (χ0n) is 19.1. The van der Waals surface area contributed by atoms with Gasteiger partial charge in [-0.3, -0.25) is 0 Å². The summed E-state index contributed by atoms with van der Waals surface area (Å²) in [4.78, 5) is -1.06. The number of alkyl halides is 3. The van der Waals surface area contributed by atoms with Crippen LogP contribution in [0.1, 0.15) is 56.2 Å². The normalized spacial score (nSPS) is 12.9. The lowest BCUT2D eigenvalue weighted by molar-refractivity contribution is -0.143. The van der Waals surface area contributed by atoms with Crippen molar-refractivity contribution in [2.24, 2.45) is 0 Å². The number of benzene rings is 3. The minimum atomic E-state index is -5.53. The first-order valence-corrected chi connectivity index (χ1v) is 12.4. The van der Waals surface area contributed by atoms with E-state index in [-0.39, 0.29) is 11.8 Å². The zero-order chi connectivity index (χ0) is 25.6. The molecule has 0 fully saturated rings. The molecule has 3 rings (SSSR count). The molecule has 9 heteroatoms. The van der Waals surface area contributed by atoms with Gasteiger partial charge in [-0.15, -0.1) is 11.8 Å². The Bertz CT molecular complexity index is 1110. The quantitative estimate of drug-likeness (QED) is 0.118. The van der Waals surface area contributed by atoms with Crippen molar-refractivity contribution < 1.29 is 30.7 Å². The highest BCUT2D eigenvalue weighted by Gasteiger charge is 2.42. The van der Waals surface area contributed by atoms with Crippen LogP contribution in [-0.2, 0) is 6.18 Å². The highest BCUT2D eigenvalue weighted by Crippen LogP contribution is 2.39. The van der Waals surface area contributed by atoms with Crippen molar-refractivity contribution in [2.45, 2.75) is 56.1 Å². The van der Waals surface area contributed by atoms with Crippen molar-refractivity contribution in [3.63, 3.8) is 0 Å². The van der Waals surface area contributed by atoms with Gasteiger partial charge in [-0.2, -0.15) is 13.2 Å². The molecule has 0 aromatic heterocycles. The van der Waals surface area contributed by atoms with Crippen molar-refractivity contribution in [2.75, 3.05) is 12.3 Å². The molecule has 0 saturated carbocycles. The number of hydrogen-bond donors (Lipinski definition) is 1. The molecule has 0 heterocycles. The van der Waals surface area contributed by atoms with Gasteiger partial charge in [0, 0.05) is 6.04 Å². The number of rotatable bonds is 11. The third kappa shape index (κ3) is 6.70. The van der Waals surface area contributed by atoms with Gasteiger partial charge in [-0.25, -0.2) is 17.6 Å². The van der Waals surface area contributed by atoms with Gasteiger partial charge in [0.1, 0.15) is 5.56 Å². The smallest absolute Gasteiger partial charge is 0.310 e. The van der Waals surface area contributed by atoms with Crippen LogP contribution in [0.5, 0.6) is 0 Å². The van der Waals surface area contributed by atoms with E-state index in [1.807, 2.05) is 18.2 Å². The molecule has 0 aliphatic carbocycles. The molecular weight excluding hydrogens is 491 g/mol. The molecule has 0 aliphatic rings. The van der Waals surface area contributed by atoms with E-state index in [9.17, 15) is 30.7 Å². The predicted octanol–water partition coefficient (Wildman–Crippen LogP) is 8.81. The Labute approximate surface area is 204 Å². The highest BCUT2D eigenvalue weighted by atomic mass is 32.2. The van der Waals surface area contributed by atoms with E-state index in [0.29, 0.717) is 18.2 Å².